The molecule has 108 valence electrons. The number of hydrogen-bond acceptors (Lipinski definition) is 4. The topological polar surface area (TPSA) is 44.8 Å². The molecule has 0 aromatic heterocycles. The first kappa shape index (κ1) is 15.0. The van der Waals surface area contributed by atoms with Crippen molar-refractivity contribution in [3.05, 3.63) is 23.5 Å². The van der Waals surface area contributed by atoms with Gasteiger partial charge in [-0.05, 0) is 33.8 Å². The van der Waals surface area contributed by atoms with Crippen LogP contribution in [0.1, 0.15) is 38.1 Å². The summed E-state index contributed by atoms with van der Waals surface area (Å²) in [6.07, 6.45) is 0.462. The number of methoxy groups -OCH3 is 1. The molecule has 1 aliphatic rings. The quantitative estimate of drug-likeness (QED) is 0.627. The number of carbonyl (C=O) groups excluding carboxylic acids is 1. The lowest BCUT2D eigenvalue weighted by Crippen LogP contribution is -2.41. The Bertz CT molecular complexity index is 526. The fraction of sp³-hybridized carbons (Fsp3) is 0.500. The summed E-state index contributed by atoms with van der Waals surface area (Å²) in [5.74, 6) is -0.330. The van der Waals surface area contributed by atoms with E-state index in [9.17, 15) is 9.18 Å². The average molecular weight is 280 g/mol. The third-order valence-corrected chi connectivity index (χ3v) is 3.98. The summed E-state index contributed by atoms with van der Waals surface area (Å²) < 4.78 is 30.6. The van der Waals surface area contributed by atoms with E-state index >= 15 is 0 Å². The number of benzene rings is 1. The van der Waals surface area contributed by atoms with E-state index in [0.29, 0.717) is 17.5 Å². The second-order valence-corrected chi connectivity index (χ2v) is 5.82. The summed E-state index contributed by atoms with van der Waals surface area (Å²) in [7, 11) is 0.735. The van der Waals surface area contributed by atoms with Crippen LogP contribution in [0.4, 0.5) is 4.39 Å². The summed E-state index contributed by atoms with van der Waals surface area (Å²) in [5, 5.41) is 0. The Hall–Kier alpha value is -1.40. The van der Waals surface area contributed by atoms with Gasteiger partial charge in [0, 0.05) is 17.1 Å². The van der Waals surface area contributed by atoms with Crippen LogP contribution in [0, 0.1) is 5.82 Å². The summed E-state index contributed by atoms with van der Waals surface area (Å²) in [6.45, 7) is 7.68. The highest BCUT2D eigenvalue weighted by molar-refractivity contribution is 6.63. The molecule has 1 aliphatic heterocycles. The number of rotatable bonds is 3. The van der Waals surface area contributed by atoms with Crippen molar-refractivity contribution in [1.82, 2.24) is 0 Å². The zero-order chi connectivity index (χ0) is 15.1. The van der Waals surface area contributed by atoms with Crippen molar-refractivity contribution in [2.45, 2.75) is 38.9 Å². The lowest BCUT2D eigenvalue weighted by atomic mass is 9.77. The van der Waals surface area contributed by atoms with Crippen molar-refractivity contribution >= 4 is 18.9 Å². The van der Waals surface area contributed by atoms with Gasteiger partial charge in [0.25, 0.3) is 0 Å². The predicted molar refractivity (Wildman–Crippen MR) is 74.1 cm³/mol. The van der Waals surface area contributed by atoms with Crippen LogP contribution < -0.4 is 10.2 Å². The van der Waals surface area contributed by atoms with E-state index in [0.717, 1.165) is 0 Å². The van der Waals surface area contributed by atoms with E-state index < -0.39 is 24.1 Å². The molecule has 1 saturated heterocycles. The molecular weight excluding hydrogens is 262 g/mol. The van der Waals surface area contributed by atoms with Gasteiger partial charge in [-0.1, -0.05) is 0 Å². The molecule has 0 saturated carbocycles. The van der Waals surface area contributed by atoms with Crippen molar-refractivity contribution in [1.29, 1.82) is 0 Å². The fourth-order valence-corrected chi connectivity index (χ4v) is 2.01. The van der Waals surface area contributed by atoms with Crippen LogP contribution in [-0.2, 0) is 9.31 Å². The van der Waals surface area contributed by atoms with E-state index in [2.05, 4.69) is 0 Å². The zero-order valence-electron chi connectivity index (χ0n) is 12.3. The second kappa shape index (κ2) is 4.86. The molecule has 0 atom stereocenters. The molecule has 2 rings (SSSR count). The predicted octanol–water partition coefficient (Wildman–Crippen LogP) is 1.95. The Morgan fingerprint density at radius 3 is 2.20 bits per heavy atom. The van der Waals surface area contributed by atoms with Crippen molar-refractivity contribution in [3.8, 4) is 5.75 Å². The first-order valence-corrected chi connectivity index (χ1v) is 6.40. The number of hydrogen-bond donors (Lipinski definition) is 0. The van der Waals surface area contributed by atoms with Crippen LogP contribution in [0.2, 0.25) is 0 Å². The molecule has 1 aromatic rings. The van der Waals surface area contributed by atoms with E-state index in [1.165, 1.54) is 19.2 Å². The first-order valence-electron chi connectivity index (χ1n) is 6.40. The molecule has 0 amide bonds. The summed E-state index contributed by atoms with van der Waals surface area (Å²) in [6, 6.07) is 2.58. The van der Waals surface area contributed by atoms with Gasteiger partial charge >= 0.3 is 7.12 Å². The maximum absolute atomic E-state index is 13.6. The second-order valence-electron chi connectivity index (χ2n) is 5.82. The molecular formula is C14H18BFO4. The molecule has 0 spiro atoms. The zero-order valence-corrected chi connectivity index (χ0v) is 12.3. The van der Waals surface area contributed by atoms with E-state index in [-0.39, 0.29) is 5.56 Å². The minimum atomic E-state index is -0.700. The van der Waals surface area contributed by atoms with Gasteiger partial charge in [-0.25, -0.2) is 4.39 Å². The van der Waals surface area contributed by atoms with Crippen LogP contribution in [0.3, 0.4) is 0 Å². The van der Waals surface area contributed by atoms with Crippen LogP contribution in [0.25, 0.3) is 0 Å². The summed E-state index contributed by atoms with van der Waals surface area (Å²) >= 11 is 0. The lowest BCUT2D eigenvalue weighted by molar-refractivity contribution is 0.00578. The van der Waals surface area contributed by atoms with Crippen molar-refractivity contribution < 1.29 is 23.2 Å². The minimum absolute atomic E-state index is 0.0458. The summed E-state index contributed by atoms with van der Waals surface area (Å²) in [4.78, 5) is 10.9. The van der Waals surface area contributed by atoms with Crippen LogP contribution in [-0.4, -0.2) is 31.7 Å². The Labute approximate surface area is 118 Å². The number of ether oxygens (including phenoxy) is 1. The standard InChI is InChI=1S/C14H18BFO4/c1-13(2)14(3,4)20-15(19-13)10-6-9(8-17)11(16)7-12(10)18-5/h6-8H,1-5H3. The normalized spacial score (nSPS) is 20.0. The Morgan fingerprint density at radius 2 is 1.75 bits per heavy atom. The fourth-order valence-electron chi connectivity index (χ4n) is 2.01. The largest absolute Gasteiger partial charge is 0.498 e. The molecule has 0 unspecified atom stereocenters. The summed E-state index contributed by atoms with van der Waals surface area (Å²) in [5.41, 5.74) is -0.568. The van der Waals surface area contributed by atoms with Crippen molar-refractivity contribution in [3.63, 3.8) is 0 Å². The van der Waals surface area contributed by atoms with Crippen LogP contribution >= 0.6 is 0 Å². The molecule has 6 heteroatoms. The van der Waals surface area contributed by atoms with Gasteiger partial charge in [0.05, 0.1) is 18.3 Å². The number of carbonyl (C=O) groups is 1. The molecule has 0 bridgehead atoms. The minimum Gasteiger partial charge on any atom is -0.497 e. The van der Waals surface area contributed by atoms with E-state index in [1.807, 2.05) is 27.7 Å². The van der Waals surface area contributed by atoms with Crippen LogP contribution in [0.15, 0.2) is 12.1 Å². The highest BCUT2D eigenvalue weighted by Gasteiger charge is 2.52. The molecule has 0 aliphatic carbocycles. The third kappa shape index (κ3) is 2.34. The molecule has 20 heavy (non-hydrogen) atoms. The van der Waals surface area contributed by atoms with Gasteiger partial charge in [0.15, 0.2) is 6.29 Å². The SMILES string of the molecule is COc1cc(F)c(C=O)cc1B1OC(C)(C)C(C)(C)O1. The number of halogens is 1. The molecule has 0 N–H and O–H groups in total. The highest BCUT2D eigenvalue weighted by atomic mass is 19.1. The van der Waals surface area contributed by atoms with Crippen LogP contribution in [0.5, 0.6) is 5.75 Å². The third-order valence-electron chi connectivity index (χ3n) is 3.98. The van der Waals surface area contributed by atoms with E-state index in [1.54, 1.807) is 0 Å². The van der Waals surface area contributed by atoms with Gasteiger partial charge in [-0.2, -0.15) is 0 Å². The van der Waals surface area contributed by atoms with Gasteiger partial charge in [-0.3, -0.25) is 4.79 Å². The highest BCUT2D eigenvalue weighted by Crippen LogP contribution is 2.37. The molecule has 0 radical (unpaired) electrons. The maximum Gasteiger partial charge on any atom is 0.498 e. The van der Waals surface area contributed by atoms with Gasteiger partial charge in [-0.15, -0.1) is 0 Å². The van der Waals surface area contributed by atoms with Crippen molar-refractivity contribution in [2.75, 3.05) is 7.11 Å². The lowest BCUT2D eigenvalue weighted by Gasteiger charge is -2.32. The molecule has 4 nitrogen and oxygen atoms in total. The Morgan fingerprint density at radius 1 is 1.20 bits per heavy atom. The maximum atomic E-state index is 13.6. The van der Waals surface area contributed by atoms with Gasteiger partial charge in [0.1, 0.15) is 11.6 Å². The van der Waals surface area contributed by atoms with Crippen molar-refractivity contribution in [2.24, 2.45) is 0 Å². The monoisotopic (exact) mass is 280 g/mol. The Kier molecular flexibility index (Phi) is 3.65. The first-order chi connectivity index (χ1) is 9.21. The van der Waals surface area contributed by atoms with Gasteiger partial charge < -0.3 is 14.0 Å². The Balaban J connectivity index is 2.46. The molecule has 1 fully saturated rings. The average Bonchev–Trinajstić information content (AvgIpc) is 2.57. The number of aldehydes is 1. The van der Waals surface area contributed by atoms with E-state index in [4.69, 9.17) is 14.0 Å². The molecule has 1 heterocycles. The smallest absolute Gasteiger partial charge is 0.497 e. The molecule has 1 aromatic carbocycles. The van der Waals surface area contributed by atoms with Gasteiger partial charge in [0.2, 0.25) is 0 Å².